The molecule has 0 N–H and O–H groups in total. The maximum atomic E-state index is 7.28. The summed E-state index contributed by atoms with van der Waals surface area (Å²) in [6.07, 6.45) is 0. The van der Waals surface area contributed by atoms with Crippen LogP contribution < -0.4 is 0 Å². The smallest absolute Gasteiger partial charge is 0.0622 e. The zero-order chi connectivity index (χ0) is 7.72. The molecular weight excluding hydrogens is 84.1 g/mol. The molecule has 0 heterocycles. The first-order valence-corrected chi connectivity index (χ1v) is 2.16. The highest BCUT2D eigenvalue weighted by Crippen LogP contribution is 1.92. The Hall–Kier alpha value is -0.780. The summed E-state index contributed by atoms with van der Waals surface area (Å²) in [7, 11) is 0. The van der Waals surface area contributed by atoms with Crippen LogP contribution in [-0.2, 0) is 0 Å². The van der Waals surface area contributed by atoms with Gasteiger partial charge in [0.2, 0.25) is 0 Å². The van der Waals surface area contributed by atoms with Gasteiger partial charge in [0, 0.05) is 0 Å². The van der Waals surface area contributed by atoms with Crippen LogP contribution in [0.1, 0.15) is 9.68 Å². The van der Waals surface area contributed by atoms with Crippen LogP contribution in [0.4, 0.5) is 0 Å². The number of rotatable bonds is 0. The van der Waals surface area contributed by atoms with E-state index in [1.165, 1.54) is 6.07 Å². The van der Waals surface area contributed by atoms with E-state index >= 15 is 0 Å². The Kier molecular flexibility index (Phi) is 0.508. The monoisotopic (exact) mass is 95.1 g/mol. The molecule has 0 radical (unpaired) electrons. The number of aryl methyl sites for hydroxylation is 1. The Morgan fingerprint density at radius 2 is 2.43 bits per heavy atom. The van der Waals surface area contributed by atoms with Crippen LogP contribution in [-0.4, -0.2) is 0 Å². The molecular formula is C7H8. The summed E-state index contributed by atoms with van der Waals surface area (Å²) in [4.78, 5) is 0. The van der Waals surface area contributed by atoms with Crippen molar-refractivity contribution in [3.8, 4) is 0 Å². The lowest BCUT2D eigenvalue weighted by molar-refractivity contribution is 1.48. The van der Waals surface area contributed by atoms with Gasteiger partial charge in [-0.25, -0.2) is 0 Å². The number of hydrogen-bond acceptors (Lipinski definition) is 0. The van der Waals surface area contributed by atoms with Crippen molar-refractivity contribution in [3.05, 3.63) is 35.8 Å². The standard InChI is InChI=1S/C7H8/c1-7-5-3-2-4-6-7/h2-6H,1H3/i2D,3D,5D. The highest BCUT2D eigenvalue weighted by atomic mass is 13.8. The first-order chi connectivity index (χ1) is 4.63. The van der Waals surface area contributed by atoms with E-state index in [1.54, 1.807) is 13.0 Å². The van der Waals surface area contributed by atoms with E-state index in [0.717, 1.165) is 5.56 Å². The summed E-state index contributed by atoms with van der Waals surface area (Å²) >= 11 is 0. The third kappa shape index (κ3) is 1.04. The summed E-state index contributed by atoms with van der Waals surface area (Å²) in [6.45, 7) is 1.76. The average molecular weight is 95.2 g/mol. The quantitative estimate of drug-likeness (QED) is 0.462. The molecule has 0 atom stereocenters. The number of hydrogen-bond donors (Lipinski definition) is 0. The van der Waals surface area contributed by atoms with E-state index in [1.807, 2.05) is 0 Å². The molecule has 0 aliphatic heterocycles. The topological polar surface area (TPSA) is 0 Å². The van der Waals surface area contributed by atoms with Gasteiger partial charge in [0.15, 0.2) is 0 Å². The maximum Gasteiger partial charge on any atom is 0.0625 e. The minimum absolute atomic E-state index is 0.0139. The average Bonchev–Trinajstić information content (AvgIpc) is 1.93. The van der Waals surface area contributed by atoms with Crippen LogP contribution in [0.25, 0.3) is 0 Å². The van der Waals surface area contributed by atoms with Crippen LogP contribution >= 0.6 is 0 Å². The molecule has 0 aliphatic rings. The van der Waals surface area contributed by atoms with Crippen LogP contribution in [0.15, 0.2) is 30.3 Å². The van der Waals surface area contributed by atoms with E-state index in [0.29, 0.717) is 0 Å². The van der Waals surface area contributed by atoms with Gasteiger partial charge in [-0.15, -0.1) is 0 Å². The van der Waals surface area contributed by atoms with Crippen LogP contribution in [0.3, 0.4) is 0 Å². The van der Waals surface area contributed by atoms with Gasteiger partial charge >= 0.3 is 0 Å². The Bertz CT molecular complexity index is 228. The number of benzene rings is 1. The van der Waals surface area contributed by atoms with E-state index < -0.39 is 0 Å². The Balaban J connectivity index is 3.34. The first-order valence-electron chi connectivity index (χ1n) is 3.66. The predicted molar refractivity (Wildman–Crippen MR) is 31.2 cm³/mol. The molecule has 0 bridgehead atoms. The molecule has 0 saturated heterocycles. The third-order valence-electron chi connectivity index (χ3n) is 0.749. The lowest BCUT2D eigenvalue weighted by atomic mass is 10.2. The predicted octanol–water partition coefficient (Wildman–Crippen LogP) is 2.00. The second kappa shape index (κ2) is 1.78. The highest BCUT2D eigenvalue weighted by molar-refractivity contribution is 5.11. The van der Waals surface area contributed by atoms with Gasteiger partial charge in [-0.3, -0.25) is 0 Å². The molecule has 36 valence electrons. The van der Waals surface area contributed by atoms with Crippen molar-refractivity contribution in [2.45, 2.75) is 6.92 Å². The Morgan fingerprint density at radius 3 is 3.14 bits per heavy atom. The summed E-state index contributed by atoms with van der Waals surface area (Å²) in [5.41, 5.74) is 0.751. The van der Waals surface area contributed by atoms with Crippen molar-refractivity contribution in [1.82, 2.24) is 0 Å². The van der Waals surface area contributed by atoms with Crippen molar-refractivity contribution >= 4 is 0 Å². The first kappa shape index (κ1) is 1.99. The van der Waals surface area contributed by atoms with Gasteiger partial charge in [-0.05, 0) is 6.92 Å². The minimum atomic E-state index is 0.0139. The summed E-state index contributed by atoms with van der Waals surface area (Å²) < 4.78 is 21.6. The lowest BCUT2D eigenvalue weighted by Crippen LogP contribution is -1.62. The van der Waals surface area contributed by atoms with Gasteiger partial charge in [0.05, 0.1) is 4.11 Å². The molecule has 0 heteroatoms. The SMILES string of the molecule is [2H]c1ccc(C)c([2H])c1[2H]. The lowest BCUT2D eigenvalue weighted by Gasteiger charge is -1.82. The minimum Gasteiger partial charge on any atom is -0.0622 e. The molecule has 0 aliphatic carbocycles. The van der Waals surface area contributed by atoms with Crippen LogP contribution in [0.5, 0.6) is 0 Å². The zero-order valence-corrected chi connectivity index (χ0v) is 4.15. The fraction of sp³-hybridized carbons (Fsp3) is 0.143. The van der Waals surface area contributed by atoms with Crippen molar-refractivity contribution in [2.24, 2.45) is 0 Å². The molecule has 0 aromatic heterocycles. The van der Waals surface area contributed by atoms with E-state index in [9.17, 15) is 0 Å². The van der Waals surface area contributed by atoms with E-state index in [2.05, 4.69) is 0 Å². The molecule has 7 heavy (non-hydrogen) atoms. The summed E-state index contributed by atoms with van der Waals surface area (Å²) in [6, 6.07) is 3.52. The van der Waals surface area contributed by atoms with E-state index in [-0.39, 0.29) is 18.1 Å². The van der Waals surface area contributed by atoms with Gasteiger partial charge < -0.3 is 0 Å². The fourth-order valence-corrected chi connectivity index (χ4v) is 0.385. The summed E-state index contributed by atoms with van der Waals surface area (Å²) in [5.74, 6) is 0. The van der Waals surface area contributed by atoms with Crippen LogP contribution in [0.2, 0.25) is 0 Å². The van der Waals surface area contributed by atoms with Crippen molar-refractivity contribution < 1.29 is 4.11 Å². The summed E-state index contributed by atoms with van der Waals surface area (Å²) in [5, 5.41) is 0. The molecule has 1 aromatic rings. The maximum absolute atomic E-state index is 7.28. The fourth-order valence-electron chi connectivity index (χ4n) is 0.385. The Labute approximate surface area is 48.0 Å². The van der Waals surface area contributed by atoms with Crippen molar-refractivity contribution in [1.29, 1.82) is 0 Å². The normalized spacial score (nSPS) is 14.7. The third-order valence-corrected chi connectivity index (χ3v) is 0.749. The van der Waals surface area contributed by atoms with Crippen LogP contribution in [0, 0.1) is 6.92 Å². The molecule has 0 fully saturated rings. The second-order valence-corrected chi connectivity index (χ2v) is 1.41. The van der Waals surface area contributed by atoms with Gasteiger partial charge in [0.25, 0.3) is 0 Å². The highest BCUT2D eigenvalue weighted by Gasteiger charge is 1.72. The zero-order valence-electron chi connectivity index (χ0n) is 7.15. The second-order valence-electron chi connectivity index (χ2n) is 1.41. The Morgan fingerprint density at radius 1 is 1.57 bits per heavy atom. The van der Waals surface area contributed by atoms with E-state index in [4.69, 9.17) is 4.11 Å². The van der Waals surface area contributed by atoms with Crippen molar-refractivity contribution in [3.63, 3.8) is 0 Å². The van der Waals surface area contributed by atoms with Gasteiger partial charge in [-0.1, -0.05) is 35.8 Å². The van der Waals surface area contributed by atoms with Crippen molar-refractivity contribution in [2.75, 3.05) is 0 Å². The molecule has 0 saturated carbocycles. The molecule has 0 amide bonds. The molecule has 0 nitrogen and oxygen atoms in total. The molecule has 0 unspecified atom stereocenters. The molecule has 0 spiro atoms. The molecule has 1 rings (SSSR count). The molecule has 1 aromatic carbocycles. The van der Waals surface area contributed by atoms with Gasteiger partial charge in [-0.2, -0.15) is 0 Å². The largest absolute Gasteiger partial charge is 0.0625 e. The van der Waals surface area contributed by atoms with Gasteiger partial charge in [0.1, 0.15) is 0 Å².